The topological polar surface area (TPSA) is 74.5 Å². The molecule has 0 spiro atoms. The molecule has 3 N–H and O–H groups in total. The summed E-state index contributed by atoms with van der Waals surface area (Å²) >= 11 is 1.55. The Kier molecular flexibility index (Phi) is 8.71. The quantitative estimate of drug-likeness (QED) is 0.186. The fraction of sp³-hybridized carbons (Fsp3) is 0.400. The molecule has 0 aliphatic rings. The molecule has 0 radical (unpaired) electrons. The van der Waals surface area contributed by atoms with E-state index < -0.39 is 5.60 Å². The van der Waals surface area contributed by atoms with Crippen molar-refractivity contribution < 1.29 is 5.11 Å². The van der Waals surface area contributed by atoms with Crippen LogP contribution >= 0.6 is 35.3 Å². The summed E-state index contributed by atoms with van der Waals surface area (Å²) in [6.45, 7) is 6.61. The zero-order chi connectivity index (χ0) is 19.1. The molecule has 0 amide bonds. The summed E-state index contributed by atoms with van der Waals surface area (Å²) in [5.41, 5.74) is 1.23. The maximum absolute atomic E-state index is 10.6. The number of aromatic nitrogens is 2. The van der Waals surface area contributed by atoms with Crippen LogP contribution in [0.2, 0.25) is 0 Å². The zero-order valence-corrected chi connectivity index (χ0v) is 19.4. The lowest BCUT2D eigenvalue weighted by Crippen LogP contribution is -2.39. The van der Waals surface area contributed by atoms with E-state index in [1.54, 1.807) is 18.3 Å². The van der Waals surface area contributed by atoms with E-state index in [4.69, 9.17) is 0 Å². The van der Waals surface area contributed by atoms with E-state index in [0.717, 1.165) is 47.9 Å². The van der Waals surface area contributed by atoms with Crippen molar-refractivity contribution in [1.82, 2.24) is 20.2 Å². The number of fused-ring (bicyclic) bond motifs is 1. The van der Waals surface area contributed by atoms with Crippen molar-refractivity contribution >= 4 is 52.3 Å². The van der Waals surface area contributed by atoms with Gasteiger partial charge in [-0.05, 0) is 43.8 Å². The molecule has 152 valence electrons. The number of thiophene rings is 1. The molecule has 3 rings (SSSR count). The molecule has 0 saturated carbocycles. The van der Waals surface area contributed by atoms with Crippen LogP contribution in [0.1, 0.15) is 25.1 Å². The van der Waals surface area contributed by atoms with Gasteiger partial charge in [0.15, 0.2) is 5.96 Å². The SMILES string of the molecule is CCNC(=NCC(C)(O)c1cccs1)NCCCn1cnc2ccccc21.I. The van der Waals surface area contributed by atoms with Crippen molar-refractivity contribution in [1.29, 1.82) is 0 Å². The van der Waals surface area contributed by atoms with Crippen molar-refractivity contribution in [3.8, 4) is 0 Å². The van der Waals surface area contributed by atoms with Gasteiger partial charge < -0.3 is 20.3 Å². The molecular formula is C20H28IN5OS. The van der Waals surface area contributed by atoms with Gasteiger partial charge in [-0.25, -0.2) is 9.98 Å². The first-order valence-corrected chi connectivity index (χ1v) is 10.2. The van der Waals surface area contributed by atoms with Gasteiger partial charge >= 0.3 is 0 Å². The second-order valence-electron chi connectivity index (χ2n) is 6.65. The number of guanidine groups is 1. The molecule has 2 aromatic heterocycles. The van der Waals surface area contributed by atoms with E-state index in [0.29, 0.717) is 6.54 Å². The molecule has 1 unspecified atom stereocenters. The van der Waals surface area contributed by atoms with Gasteiger partial charge in [0, 0.05) is 24.5 Å². The van der Waals surface area contributed by atoms with Crippen LogP contribution in [0.15, 0.2) is 53.1 Å². The maximum atomic E-state index is 10.6. The second kappa shape index (κ2) is 10.8. The molecule has 0 aliphatic carbocycles. The number of hydrogen-bond donors (Lipinski definition) is 3. The van der Waals surface area contributed by atoms with Crippen LogP contribution in [-0.2, 0) is 12.1 Å². The average molecular weight is 513 g/mol. The number of nitrogens with one attached hydrogen (secondary N) is 2. The maximum Gasteiger partial charge on any atom is 0.191 e. The molecule has 2 heterocycles. The Morgan fingerprint density at radius 3 is 2.82 bits per heavy atom. The monoisotopic (exact) mass is 513 g/mol. The summed E-state index contributed by atoms with van der Waals surface area (Å²) in [6.07, 6.45) is 2.84. The summed E-state index contributed by atoms with van der Waals surface area (Å²) in [4.78, 5) is 9.91. The van der Waals surface area contributed by atoms with Crippen LogP contribution in [0.3, 0.4) is 0 Å². The number of para-hydroxylation sites is 2. The predicted octanol–water partition coefficient (Wildman–Crippen LogP) is 3.57. The van der Waals surface area contributed by atoms with Crippen LogP contribution in [-0.4, -0.2) is 40.3 Å². The minimum atomic E-state index is -0.952. The van der Waals surface area contributed by atoms with E-state index in [9.17, 15) is 5.11 Å². The molecule has 6 nitrogen and oxygen atoms in total. The van der Waals surface area contributed by atoms with Crippen LogP contribution in [0.4, 0.5) is 0 Å². The fourth-order valence-electron chi connectivity index (χ4n) is 2.88. The van der Waals surface area contributed by atoms with Gasteiger partial charge in [-0.1, -0.05) is 18.2 Å². The van der Waals surface area contributed by atoms with E-state index in [2.05, 4.69) is 31.2 Å². The standard InChI is InChI=1S/C20H27N5OS.HI/c1-3-21-19(23-14-20(2,26)18-10-6-13-27-18)22-11-7-12-25-15-24-16-8-4-5-9-17(16)25;/h4-6,8-10,13,15,26H,3,7,11-12,14H2,1-2H3,(H2,21,22,23);1H. The van der Waals surface area contributed by atoms with Crippen LogP contribution < -0.4 is 10.6 Å². The Balaban J connectivity index is 0.00000280. The Hall–Kier alpha value is -1.65. The highest BCUT2D eigenvalue weighted by Crippen LogP contribution is 2.25. The number of benzene rings is 1. The Morgan fingerprint density at radius 2 is 2.07 bits per heavy atom. The highest BCUT2D eigenvalue weighted by Gasteiger charge is 2.23. The number of aliphatic imine (C=N–C) groups is 1. The van der Waals surface area contributed by atoms with Crippen LogP contribution in [0.5, 0.6) is 0 Å². The van der Waals surface area contributed by atoms with Gasteiger partial charge in [-0.15, -0.1) is 35.3 Å². The number of aliphatic hydroxyl groups is 1. The lowest BCUT2D eigenvalue weighted by Gasteiger charge is -2.20. The summed E-state index contributed by atoms with van der Waals surface area (Å²) in [7, 11) is 0. The zero-order valence-electron chi connectivity index (χ0n) is 16.3. The third kappa shape index (κ3) is 5.92. The minimum absolute atomic E-state index is 0. The number of aryl methyl sites for hydroxylation is 1. The lowest BCUT2D eigenvalue weighted by atomic mass is 10.1. The van der Waals surface area contributed by atoms with Gasteiger partial charge in [-0.3, -0.25) is 0 Å². The molecule has 3 aromatic rings. The number of hydrogen-bond acceptors (Lipinski definition) is 4. The molecule has 1 atom stereocenters. The molecule has 1 aromatic carbocycles. The van der Waals surface area contributed by atoms with Crippen molar-refractivity contribution in [3.63, 3.8) is 0 Å². The van der Waals surface area contributed by atoms with Gasteiger partial charge in [0.2, 0.25) is 0 Å². The smallest absolute Gasteiger partial charge is 0.191 e. The first kappa shape index (κ1) is 22.6. The summed E-state index contributed by atoms with van der Waals surface area (Å²) in [6, 6.07) is 12.0. The first-order chi connectivity index (χ1) is 13.1. The van der Waals surface area contributed by atoms with E-state index in [1.807, 2.05) is 49.0 Å². The largest absolute Gasteiger partial charge is 0.383 e. The highest BCUT2D eigenvalue weighted by atomic mass is 127. The third-order valence-electron chi connectivity index (χ3n) is 4.34. The molecule has 0 saturated heterocycles. The molecule has 8 heteroatoms. The van der Waals surface area contributed by atoms with Crippen molar-refractivity contribution in [3.05, 3.63) is 53.0 Å². The summed E-state index contributed by atoms with van der Waals surface area (Å²) in [5.74, 6) is 0.727. The molecule has 28 heavy (non-hydrogen) atoms. The van der Waals surface area contributed by atoms with Gasteiger partial charge in [0.25, 0.3) is 0 Å². The number of nitrogens with zero attached hydrogens (tertiary/aromatic N) is 3. The Morgan fingerprint density at radius 1 is 1.25 bits per heavy atom. The first-order valence-electron chi connectivity index (χ1n) is 9.28. The Labute approximate surface area is 187 Å². The second-order valence-corrected chi connectivity index (χ2v) is 7.60. The van der Waals surface area contributed by atoms with E-state index in [-0.39, 0.29) is 24.0 Å². The van der Waals surface area contributed by atoms with Crippen molar-refractivity contribution in [2.45, 2.75) is 32.4 Å². The van der Waals surface area contributed by atoms with E-state index in [1.165, 1.54) is 0 Å². The van der Waals surface area contributed by atoms with Crippen molar-refractivity contribution in [2.75, 3.05) is 19.6 Å². The molecule has 0 aliphatic heterocycles. The van der Waals surface area contributed by atoms with Gasteiger partial charge in [0.1, 0.15) is 5.60 Å². The normalized spacial score (nSPS) is 13.8. The summed E-state index contributed by atoms with van der Waals surface area (Å²) in [5, 5.41) is 19.2. The van der Waals surface area contributed by atoms with Gasteiger partial charge in [0.05, 0.1) is 23.9 Å². The lowest BCUT2D eigenvalue weighted by molar-refractivity contribution is 0.0711. The van der Waals surface area contributed by atoms with Crippen LogP contribution in [0, 0.1) is 0 Å². The highest BCUT2D eigenvalue weighted by molar-refractivity contribution is 14.0. The fourth-order valence-corrected chi connectivity index (χ4v) is 3.66. The number of rotatable bonds is 8. The molecule has 0 bridgehead atoms. The van der Waals surface area contributed by atoms with Crippen LogP contribution in [0.25, 0.3) is 11.0 Å². The minimum Gasteiger partial charge on any atom is -0.383 e. The molecule has 0 fully saturated rings. The third-order valence-corrected chi connectivity index (χ3v) is 5.46. The molecular weight excluding hydrogens is 485 g/mol. The van der Waals surface area contributed by atoms with Gasteiger partial charge in [-0.2, -0.15) is 0 Å². The Bertz CT molecular complexity index is 876. The van der Waals surface area contributed by atoms with Crippen molar-refractivity contribution in [2.24, 2.45) is 4.99 Å². The predicted molar refractivity (Wildman–Crippen MR) is 128 cm³/mol. The average Bonchev–Trinajstić information content (AvgIpc) is 3.34. The summed E-state index contributed by atoms with van der Waals surface area (Å²) < 4.78 is 2.17. The number of imidazole rings is 1. The number of halogens is 1. The van der Waals surface area contributed by atoms with E-state index >= 15 is 0 Å².